The second kappa shape index (κ2) is 10.1. The van der Waals surface area contributed by atoms with E-state index in [1.807, 2.05) is 24.3 Å². The van der Waals surface area contributed by atoms with Gasteiger partial charge in [-0.25, -0.2) is 0 Å². The Morgan fingerprint density at radius 3 is 1.53 bits per heavy atom. The van der Waals surface area contributed by atoms with Gasteiger partial charge in [-0.1, -0.05) is 30.4 Å². The Bertz CT molecular complexity index is 1120. The normalized spacial score (nSPS) is 11.1. The number of phenols is 2. The van der Waals surface area contributed by atoms with Crippen molar-refractivity contribution >= 4 is 23.7 Å². The van der Waals surface area contributed by atoms with Gasteiger partial charge in [-0.2, -0.15) is 0 Å². The van der Waals surface area contributed by atoms with E-state index in [0.29, 0.717) is 11.1 Å². The van der Waals surface area contributed by atoms with Crippen LogP contribution in [0.25, 0.3) is 12.2 Å². The van der Waals surface area contributed by atoms with Crippen LogP contribution in [0.1, 0.15) is 31.8 Å². The number of phenolic OH excluding ortho intramolecular Hbond substituents is 2. The molecule has 32 heavy (non-hydrogen) atoms. The molecule has 0 atom stereocenters. The Kier molecular flexibility index (Phi) is 7.08. The lowest BCUT2D eigenvalue weighted by atomic mass is 10.1. The van der Waals surface area contributed by atoms with Gasteiger partial charge >= 0.3 is 0 Å². The summed E-state index contributed by atoms with van der Waals surface area (Å²) < 4.78 is 10.1. The molecule has 0 amide bonds. The molecule has 3 aromatic rings. The first kappa shape index (κ1) is 22.4. The van der Waals surface area contributed by atoms with Crippen LogP contribution >= 0.6 is 0 Å². The molecule has 3 rings (SSSR count). The zero-order valence-corrected chi connectivity index (χ0v) is 17.6. The SMILES string of the molecule is COc1cc(C(=O)/C=C/c2cccc(/C=C/C(=O)c3ccc(O)c(OC)c3)c2)ccc1O. The first-order valence-corrected chi connectivity index (χ1v) is 9.70. The number of carbonyl (C=O) groups is 2. The van der Waals surface area contributed by atoms with E-state index in [2.05, 4.69) is 0 Å². The lowest BCUT2D eigenvalue weighted by Gasteiger charge is -2.04. The molecule has 6 heteroatoms. The van der Waals surface area contributed by atoms with Gasteiger partial charge < -0.3 is 19.7 Å². The second-order valence-corrected chi connectivity index (χ2v) is 6.84. The molecular weight excluding hydrogens is 408 g/mol. The summed E-state index contributed by atoms with van der Waals surface area (Å²) in [6.45, 7) is 0. The van der Waals surface area contributed by atoms with E-state index in [1.165, 1.54) is 62.8 Å². The summed E-state index contributed by atoms with van der Waals surface area (Å²) in [6.07, 6.45) is 6.21. The van der Waals surface area contributed by atoms with Crippen LogP contribution in [-0.4, -0.2) is 36.0 Å². The predicted molar refractivity (Wildman–Crippen MR) is 122 cm³/mol. The molecule has 6 nitrogen and oxygen atoms in total. The lowest BCUT2D eigenvalue weighted by molar-refractivity contribution is 0.103. The first-order chi connectivity index (χ1) is 15.4. The van der Waals surface area contributed by atoms with Crippen molar-refractivity contribution in [2.75, 3.05) is 14.2 Å². The minimum Gasteiger partial charge on any atom is -0.504 e. The summed E-state index contributed by atoms with van der Waals surface area (Å²) in [5.41, 5.74) is 2.35. The minimum atomic E-state index is -0.235. The summed E-state index contributed by atoms with van der Waals surface area (Å²) in [6, 6.07) is 16.1. The molecule has 0 aliphatic carbocycles. The Balaban J connectivity index is 1.72. The van der Waals surface area contributed by atoms with Crippen LogP contribution in [0.15, 0.2) is 72.8 Å². The van der Waals surface area contributed by atoms with Gasteiger partial charge in [0.15, 0.2) is 34.6 Å². The second-order valence-electron chi connectivity index (χ2n) is 6.84. The van der Waals surface area contributed by atoms with Crippen molar-refractivity contribution in [3.8, 4) is 23.0 Å². The van der Waals surface area contributed by atoms with Gasteiger partial charge in [0.2, 0.25) is 0 Å². The molecule has 0 spiro atoms. The number of hydrogen-bond acceptors (Lipinski definition) is 6. The van der Waals surface area contributed by atoms with Crippen LogP contribution in [0.5, 0.6) is 23.0 Å². The maximum absolute atomic E-state index is 12.4. The third kappa shape index (κ3) is 5.43. The first-order valence-electron chi connectivity index (χ1n) is 9.70. The van der Waals surface area contributed by atoms with Gasteiger partial charge in [0.25, 0.3) is 0 Å². The fraction of sp³-hybridized carbons (Fsp3) is 0.0769. The van der Waals surface area contributed by atoms with E-state index in [0.717, 1.165) is 11.1 Å². The molecule has 0 unspecified atom stereocenters. The number of rotatable bonds is 8. The summed E-state index contributed by atoms with van der Waals surface area (Å²) in [5.74, 6) is -0.0818. The zero-order valence-electron chi connectivity index (χ0n) is 17.6. The standard InChI is InChI=1S/C26H22O6/c1-31-25-15-19(8-12-23(25)29)21(27)10-6-17-4-3-5-18(14-17)7-11-22(28)20-9-13-24(30)26(16-20)32-2/h3-16,29-30H,1-2H3/b10-6+,11-7+. The molecule has 0 aromatic heterocycles. The summed E-state index contributed by atoms with van der Waals surface area (Å²) in [7, 11) is 2.84. The van der Waals surface area contributed by atoms with Crippen molar-refractivity contribution in [2.45, 2.75) is 0 Å². The summed E-state index contributed by atoms with van der Waals surface area (Å²) >= 11 is 0. The molecule has 0 bridgehead atoms. The number of hydrogen-bond donors (Lipinski definition) is 2. The van der Waals surface area contributed by atoms with Crippen LogP contribution in [-0.2, 0) is 0 Å². The zero-order chi connectivity index (χ0) is 23.1. The molecule has 2 N–H and O–H groups in total. The average molecular weight is 430 g/mol. The number of methoxy groups -OCH3 is 2. The number of aromatic hydroxyl groups is 2. The highest BCUT2D eigenvalue weighted by Crippen LogP contribution is 2.27. The largest absolute Gasteiger partial charge is 0.504 e. The van der Waals surface area contributed by atoms with Crippen molar-refractivity contribution in [1.29, 1.82) is 0 Å². The van der Waals surface area contributed by atoms with E-state index < -0.39 is 0 Å². The minimum absolute atomic E-state index is 0.0344. The third-order valence-electron chi connectivity index (χ3n) is 4.69. The molecule has 0 heterocycles. The highest BCUT2D eigenvalue weighted by atomic mass is 16.5. The van der Waals surface area contributed by atoms with E-state index >= 15 is 0 Å². The monoisotopic (exact) mass is 430 g/mol. The fourth-order valence-electron chi connectivity index (χ4n) is 2.96. The molecule has 0 saturated carbocycles. The quantitative estimate of drug-likeness (QED) is 0.390. The maximum atomic E-state index is 12.4. The number of ketones is 2. The van der Waals surface area contributed by atoms with Gasteiger partial charge in [0.1, 0.15) is 0 Å². The molecule has 0 radical (unpaired) electrons. The average Bonchev–Trinajstić information content (AvgIpc) is 2.81. The Morgan fingerprint density at radius 1 is 0.688 bits per heavy atom. The van der Waals surface area contributed by atoms with E-state index in [1.54, 1.807) is 12.2 Å². The van der Waals surface area contributed by atoms with Gasteiger partial charge in [-0.15, -0.1) is 0 Å². The van der Waals surface area contributed by atoms with Crippen LogP contribution in [0.2, 0.25) is 0 Å². The van der Waals surface area contributed by atoms with E-state index in [-0.39, 0.29) is 34.6 Å². The molecular formula is C26H22O6. The van der Waals surface area contributed by atoms with Gasteiger partial charge in [0.05, 0.1) is 14.2 Å². The van der Waals surface area contributed by atoms with Crippen molar-refractivity contribution in [3.05, 3.63) is 95.1 Å². The third-order valence-corrected chi connectivity index (χ3v) is 4.69. The van der Waals surface area contributed by atoms with E-state index in [4.69, 9.17) is 9.47 Å². The smallest absolute Gasteiger partial charge is 0.185 e. The van der Waals surface area contributed by atoms with Crippen molar-refractivity contribution in [2.24, 2.45) is 0 Å². The highest BCUT2D eigenvalue weighted by molar-refractivity contribution is 6.08. The number of carbonyl (C=O) groups excluding carboxylic acids is 2. The predicted octanol–water partition coefficient (Wildman–Crippen LogP) is 4.91. The number of benzene rings is 3. The molecule has 0 aliphatic rings. The van der Waals surface area contributed by atoms with Gasteiger partial charge in [-0.05, 0) is 65.7 Å². The van der Waals surface area contributed by atoms with E-state index in [9.17, 15) is 19.8 Å². The highest BCUT2D eigenvalue weighted by Gasteiger charge is 2.08. The van der Waals surface area contributed by atoms with Gasteiger partial charge in [0, 0.05) is 11.1 Å². The maximum Gasteiger partial charge on any atom is 0.185 e. The molecule has 3 aromatic carbocycles. The van der Waals surface area contributed by atoms with Crippen LogP contribution in [0.3, 0.4) is 0 Å². The van der Waals surface area contributed by atoms with Crippen LogP contribution in [0, 0.1) is 0 Å². The fourth-order valence-corrected chi connectivity index (χ4v) is 2.96. The van der Waals surface area contributed by atoms with Crippen molar-refractivity contribution in [3.63, 3.8) is 0 Å². The molecule has 0 fully saturated rings. The molecule has 0 aliphatic heterocycles. The van der Waals surface area contributed by atoms with Crippen LogP contribution < -0.4 is 9.47 Å². The molecule has 162 valence electrons. The van der Waals surface area contributed by atoms with Crippen molar-refractivity contribution < 1.29 is 29.3 Å². The van der Waals surface area contributed by atoms with Gasteiger partial charge in [-0.3, -0.25) is 9.59 Å². The summed E-state index contributed by atoms with van der Waals surface area (Å²) in [5, 5.41) is 19.3. The summed E-state index contributed by atoms with van der Waals surface area (Å²) in [4.78, 5) is 24.8. The lowest BCUT2D eigenvalue weighted by Crippen LogP contribution is -1.95. The Labute approximate surface area is 185 Å². The van der Waals surface area contributed by atoms with Crippen molar-refractivity contribution in [1.82, 2.24) is 0 Å². The Morgan fingerprint density at radius 2 is 1.12 bits per heavy atom. The topological polar surface area (TPSA) is 93.1 Å². The Hall–Kier alpha value is -4.32. The number of ether oxygens (including phenoxy) is 2. The van der Waals surface area contributed by atoms with Crippen LogP contribution in [0.4, 0.5) is 0 Å². The number of allylic oxidation sites excluding steroid dienone is 2. The molecule has 0 saturated heterocycles.